The fourth-order valence-corrected chi connectivity index (χ4v) is 2.38. The molecule has 1 fully saturated rings. The van der Waals surface area contributed by atoms with E-state index >= 15 is 0 Å². The first-order valence-electron chi connectivity index (χ1n) is 5.55. The summed E-state index contributed by atoms with van der Waals surface area (Å²) < 4.78 is 18.7. The number of anilines is 2. The number of halogens is 1. The Morgan fingerprint density at radius 3 is 3.19 bits per heavy atom. The van der Waals surface area contributed by atoms with E-state index in [1.165, 1.54) is 12.1 Å². The number of nitrogens with one attached hydrogen (secondary N) is 2. The molecule has 1 aromatic carbocycles. The lowest BCUT2D eigenvalue weighted by atomic mass is 9.85. The third-order valence-corrected chi connectivity index (χ3v) is 3.55. The molecule has 1 saturated heterocycles. The molecule has 2 aliphatic heterocycles. The fraction of sp³-hybridized carbons (Fsp3) is 0.500. The number of hydrogen-bond acceptors (Lipinski definition) is 3. The van der Waals surface area contributed by atoms with Gasteiger partial charge in [-0.25, -0.2) is 4.39 Å². The molecule has 86 valence electrons. The van der Waals surface area contributed by atoms with E-state index in [0.29, 0.717) is 6.61 Å². The van der Waals surface area contributed by atoms with Crippen molar-refractivity contribution in [3.63, 3.8) is 0 Å². The van der Waals surface area contributed by atoms with E-state index < -0.39 is 0 Å². The summed E-state index contributed by atoms with van der Waals surface area (Å²) in [7, 11) is 0. The molecule has 3 rings (SSSR count). The highest BCUT2D eigenvalue weighted by Crippen LogP contribution is 2.37. The van der Waals surface area contributed by atoms with Gasteiger partial charge in [0.05, 0.1) is 30.6 Å². The van der Waals surface area contributed by atoms with Gasteiger partial charge in [0.1, 0.15) is 5.82 Å². The van der Waals surface area contributed by atoms with Crippen LogP contribution in [-0.2, 0) is 4.74 Å². The summed E-state index contributed by atoms with van der Waals surface area (Å²) in [5.41, 5.74) is 1.88. The van der Waals surface area contributed by atoms with Gasteiger partial charge in [-0.15, -0.1) is 0 Å². The molecule has 2 unspecified atom stereocenters. The minimum Gasteiger partial charge on any atom is -0.383 e. The molecule has 1 aromatic rings. The monoisotopic (exact) mass is 222 g/mol. The maximum atomic E-state index is 13.2. The van der Waals surface area contributed by atoms with Crippen molar-refractivity contribution in [2.75, 3.05) is 30.4 Å². The summed E-state index contributed by atoms with van der Waals surface area (Å²) in [6.07, 6.45) is 0. The van der Waals surface area contributed by atoms with Gasteiger partial charge in [0, 0.05) is 12.0 Å². The minimum absolute atomic E-state index is 0.0789. The van der Waals surface area contributed by atoms with Gasteiger partial charge < -0.3 is 15.4 Å². The van der Waals surface area contributed by atoms with Gasteiger partial charge >= 0.3 is 0 Å². The van der Waals surface area contributed by atoms with Crippen molar-refractivity contribution in [3.8, 4) is 0 Å². The minimum atomic E-state index is -0.212. The molecule has 0 spiro atoms. The molecule has 4 heteroatoms. The van der Waals surface area contributed by atoms with E-state index in [9.17, 15) is 4.39 Å². The highest BCUT2D eigenvalue weighted by Gasteiger charge is 2.41. The number of hydrogen-bond donors (Lipinski definition) is 2. The molecular weight excluding hydrogens is 207 g/mol. The van der Waals surface area contributed by atoms with Crippen molar-refractivity contribution in [2.45, 2.75) is 13.0 Å². The Kier molecular flexibility index (Phi) is 2.07. The Morgan fingerprint density at radius 2 is 2.31 bits per heavy atom. The zero-order valence-electron chi connectivity index (χ0n) is 9.22. The summed E-state index contributed by atoms with van der Waals surface area (Å²) in [6, 6.07) is 5.05. The van der Waals surface area contributed by atoms with Crippen LogP contribution in [0.2, 0.25) is 0 Å². The molecule has 2 aliphatic rings. The second-order valence-electron chi connectivity index (χ2n) is 4.91. The van der Waals surface area contributed by atoms with Crippen LogP contribution < -0.4 is 10.6 Å². The van der Waals surface area contributed by atoms with E-state index in [4.69, 9.17) is 4.74 Å². The average molecular weight is 222 g/mol. The standard InChI is InChI=1S/C12H15FN2O/c1-12-6-14-9-3-2-8(13)4-10(9)15-11(12)5-16-7-12/h2-4,11,14-15H,5-7H2,1H3. The van der Waals surface area contributed by atoms with Gasteiger partial charge in [-0.1, -0.05) is 6.92 Å². The first-order chi connectivity index (χ1) is 7.67. The van der Waals surface area contributed by atoms with Crippen molar-refractivity contribution in [1.29, 1.82) is 0 Å². The Balaban J connectivity index is 1.98. The Bertz CT molecular complexity index is 423. The maximum Gasteiger partial charge on any atom is 0.125 e. The van der Waals surface area contributed by atoms with Gasteiger partial charge in [0.2, 0.25) is 0 Å². The first kappa shape index (κ1) is 9.90. The lowest BCUT2D eigenvalue weighted by Crippen LogP contribution is -2.40. The van der Waals surface area contributed by atoms with Crippen LogP contribution in [0.5, 0.6) is 0 Å². The molecule has 0 aliphatic carbocycles. The zero-order chi connectivity index (χ0) is 11.2. The lowest BCUT2D eigenvalue weighted by molar-refractivity contribution is 0.164. The molecule has 0 bridgehead atoms. The van der Waals surface area contributed by atoms with Gasteiger partial charge in [0.15, 0.2) is 0 Å². The summed E-state index contributed by atoms with van der Waals surface area (Å²) in [6.45, 7) is 4.47. The predicted molar refractivity (Wildman–Crippen MR) is 61.2 cm³/mol. The molecule has 0 amide bonds. The van der Waals surface area contributed by atoms with Crippen LogP contribution in [0.1, 0.15) is 6.92 Å². The molecule has 16 heavy (non-hydrogen) atoms. The Morgan fingerprint density at radius 1 is 1.44 bits per heavy atom. The molecule has 3 nitrogen and oxygen atoms in total. The fourth-order valence-electron chi connectivity index (χ4n) is 2.38. The summed E-state index contributed by atoms with van der Waals surface area (Å²) >= 11 is 0. The Labute approximate surface area is 94.0 Å². The Hall–Kier alpha value is -1.29. The van der Waals surface area contributed by atoms with Crippen molar-refractivity contribution in [2.24, 2.45) is 5.41 Å². The second kappa shape index (κ2) is 3.35. The highest BCUT2D eigenvalue weighted by atomic mass is 19.1. The third kappa shape index (κ3) is 1.45. The second-order valence-corrected chi connectivity index (χ2v) is 4.91. The zero-order valence-corrected chi connectivity index (χ0v) is 9.22. The quantitative estimate of drug-likeness (QED) is 0.705. The summed E-state index contributed by atoms with van der Waals surface area (Å²) in [5.74, 6) is -0.212. The van der Waals surface area contributed by atoms with Crippen LogP contribution in [-0.4, -0.2) is 25.8 Å². The first-order valence-corrected chi connectivity index (χ1v) is 5.55. The predicted octanol–water partition coefficient (Wildman–Crippen LogP) is 2.07. The van der Waals surface area contributed by atoms with Crippen LogP contribution in [0.15, 0.2) is 18.2 Å². The summed E-state index contributed by atoms with van der Waals surface area (Å²) in [4.78, 5) is 0. The number of fused-ring (bicyclic) bond motifs is 2. The number of ether oxygens (including phenoxy) is 1. The largest absolute Gasteiger partial charge is 0.383 e. The lowest BCUT2D eigenvalue weighted by Gasteiger charge is -2.27. The van der Waals surface area contributed by atoms with E-state index in [-0.39, 0.29) is 17.3 Å². The number of benzene rings is 1. The number of rotatable bonds is 0. The van der Waals surface area contributed by atoms with Gasteiger partial charge in [-0.2, -0.15) is 0 Å². The van der Waals surface area contributed by atoms with Crippen molar-refractivity contribution >= 4 is 11.4 Å². The molecule has 0 radical (unpaired) electrons. The van der Waals surface area contributed by atoms with Crippen LogP contribution >= 0.6 is 0 Å². The van der Waals surface area contributed by atoms with Crippen LogP contribution in [0.25, 0.3) is 0 Å². The van der Waals surface area contributed by atoms with Gasteiger partial charge in [-0.3, -0.25) is 0 Å². The van der Waals surface area contributed by atoms with E-state index in [2.05, 4.69) is 17.6 Å². The normalized spacial score (nSPS) is 32.0. The van der Waals surface area contributed by atoms with Gasteiger partial charge in [-0.05, 0) is 18.2 Å². The van der Waals surface area contributed by atoms with Crippen LogP contribution in [0, 0.1) is 11.2 Å². The molecule has 0 saturated carbocycles. The van der Waals surface area contributed by atoms with Crippen molar-refractivity contribution in [1.82, 2.24) is 0 Å². The highest BCUT2D eigenvalue weighted by molar-refractivity contribution is 5.70. The van der Waals surface area contributed by atoms with Crippen molar-refractivity contribution < 1.29 is 9.13 Å². The van der Waals surface area contributed by atoms with Crippen LogP contribution in [0.4, 0.5) is 15.8 Å². The molecule has 2 N–H and O–H groups in total. The smallest absolute Gasteiger partial charge is 0.125 e. The van der Waals surface area contributed by atoms with Crippen LogP contribution in [0.3, 0.4) is 0 Å². The van der Waals surface area contributed by atoms with E-state index in [0.717, 1.165) is 24.5 Å². The third-order valence-electron chi connectivity index (χ3n) is 3.55. The van der Waals surface area contributed by atoms with E-state index in [1.54, 1.807) is 6.07 Å². The summed E-state index contributed by atoms with van der Waals surface area (Å²) in [5, 5.41) is 6.73. The topological polar surface area (TPSA) is 33.3 Å². The molecule has 0 aromatic heterocycles. The van der Waals surface area contributed by atoms with E-state index in [1.807, 2.05) is 0 Å². The molecular formula is C12H15FN2O. The maximum absolute atomic E-state index is 13.2. The average Bonchev–Trinajstić information content (AvgIpc) is 2.54. The molecule has 2 heterocycles. The van der Waals surface area contributed by atoms with Crippen molar-refractivity contribution in [3.05, 3.63) is 24.0 Å². The molecule has 2 atom stereocenters. The van der Waals surface area contributed by atoms with Gasteiger partial charge in [0.25, 0.3) is 0 Å². The SMILES string of the molecule is CC12CNc3ccc(F)cc3NC1COC2.